The van der Waals surface area contributed by atoms with Gasteiger partial charge in [-0.3, -0.25) is 4.79 Å². The third kappa shape index (κ3) is 5.14. The summed E-state index contributed by atoms with van der Waals surface area (Å²) in [5, 5.41) is 2.47. The minimum Gasteiger partial charge on any atom is -0.380 e. The molecule has 1 N–H and O–H groups in total. The van der Waals surface area contributed by atoms with Gasteiger partial charge >= 0.3 is 0 Å². The second kappa shape index (κ2) is 6.83. The van der Waals surface area contributed by atoms with Crippen LogP contribution in [0.2, 0.25) is 0 Å². The molecule has 19 heavy (non-hydrogen) atoms. The van der Waals surface area contributed by atoms with E-state index in [1.807, 2.05) is 6.92 Å². The number of nitrogens with one attached hydrogen (secondary N) is 1. The van der Waals surface area contributed by atoms with Gasteiger partial charge in [0, 0.05) is 29.4 Å². The van der Waals surface area contributed by atoms with Crippen LogP contribution in [0.25, 0.3) is 0 Å². The fourth-order valence-electron chi connectivity index (χ4n) is 1.32. The van der Waals surface area contributed by atoms with Crippen LogP contribution in [-0.4, -0.2) is 34.1 Å². The third-order valence-electron chi connectivity index (χ3n) is 2.15. The Balaban J connectivity index is 2.83. The van der Waals surface area contributed by atoms with E-state index in [2.05, 4.69) is 5.32 Å². The first-order valence-corrected chi connectivity index (χ1v) is 7.76. The summed E-state index contributed by atoms with van der Waals surface area (Å²) in [5.41, 5.74) is -0.115. The number of ether oxygens (including phenoxy) is 1. The summed E-state index contributed by atoms with van der Waals surface area (Å²) in [7, 11) is 1.02. The summed E-state index contributed by atoms with van der Waals surface area (Å²) < 4.78 is 40.5. The van der Waals surface area contributed by atoms with E-state index in [-0.39, 0.29) is 12.1 Å². The van der Waals surface area contributed by atoms with Crippen LogP contribution in [0.5, 0.6) is 0 Å². The van der Waals surface area contributed by atoms with Crippen molar-refractivity contribution in [3.8, 4) is 0 Å². The van der Waals surface area contributed by atoms with E-state index in [0.717, 1.165) is 18.2 Å². The zero-order valence-electron chi connectivity index (χ0n) is 10.2. The van der Waals surface area contributed by atoms with E-state index in [0.29, 0.717) is 13.2 Å². The van der Waals surface area contributed by atoms with Crippen LogP contribution >= 0.6 is 10.7 Å². The molecule has 1 amide bonds. The molecule has 0 heterocycles. The number of carbonyl (C=O) groups excluding carboxylic acids is 1. The molecule has 5 nitrogen and oxygen atoms in total. The number of hydrogen-bond donors (Lipinski definition) is 1. The van der Waals surface area contributed by atoms with Crippen molar-refractivity contribution in [3.05, 3.63) is 29.6 Å². The fraction of sp³-hybridized carbons (Fsp3) is 0.364. The molecule has 8 heteroatoms. The Labute approximate surface area is 115 Å². The average Bonchev–Trinajstić information content (AvgIpc) is 2.32. The van der Waals surface area contributed by atoms with Crippen molar-refractivity contribution in [1.29, 1.82) is 0 Å². The second-order valence-electron chi connectivity index (χ2n) is 3.57. The first-order valence-electron chi connectivity index (χ1n) is 5.45. The Bertz CT molecular complexity index is 562. The van der Waals surface area contributed by atoms with E-state index in [1.165, 1.54) is 0 Å². The Kier molecular flexibility index (Phi) is 5.71. The van der Waals surface area contributed by atoms with E-state index in [9.17, 15) is 17.6 Å². The second-order valence-corrected chi connectivity index (χ2v) is 6.13. The summed E-state index contributed by atoms with van der Waals surface area (Å²) in [6, 6.07) is 2.70. The molecule has 1 aromatic carbocycles. The zero-order chi connectivity index (χ0) is 14.5. The molecule has 0 aromatic heterocycles. The maximum Gasteiger partial charge on any atom is 0.261 e. The lowest BCUT2D eigenvalue weighted by Crippen LogP contribution is -2.27. The van der Waals surface area contributed by atoms with Crippen LogP contribution in [0.3, 0.4) is 0 Å². The number of benzene rings is 1. The Hall–Kier alpha value is -1.18. The van der Waals surface area contributed by atoms with Gasteiger partial charge in [0.05, 0.1) is 11.5 Å². The van der Waals surface area contributed by atoms with Crippen LogP contribution < -0.4 is 5.32 Å². The van der Waals surface area contributed by atoms with Crippen LogP contribution in [0.1, 0.15) is 17.3 Å². The predicted octanol–water partition coefficient (Wildman–Crippen LogP) is 1.52. The molecule has 1 aromatic rings. The minimum atomic E-state index is -4.08. The van der Waals surface area contributed by atoms with Crippen LogP contribution in [0, 0.1) is 5.82 Å². The predicted molar refractivity (Wildman–Crippen MR) is 68.3 cm³/mol. The maximum atomic E-state index is 13.2. The lowest BCUT2D eigenvalue weighted by molar-refractivity contribution is 0.0922. The van der Waals surface area contributed by atoms with Crippen LogP contribution in [0.4, 0.5) is 4.39 Å². The number of hydrogen-bond acceptors (Lipinski definition) is 4. The van der Waals surface area contributed by atoms with Gasteiger partial charge in [-0.05, 0) is 25.1 Å². The summed E-state index contributed by atoms with van der Waals surface area (Å²) in [6.45, 7) is 2.89. The lowest BCUT2D eigenvalue weighted by atomic mass is 10.2. The van der Waals surface area contributed by atoms with Gasteiger partial charge < -0.3 is 10.1 Å². The summed E-state index contributed by atoms with van der Waals surface area (Å²) in [5.74, 6) is -1.45. The topological polar surface area (TPSA) is 72.5 Å². The Morgan fingerprint density at radius 3 is 2.68 bits per heavy atom. The number of halogens is 2. The molecular formula is C11H13ClFNO4S. The molecular weight excluding hydrogens is 297 g/mol. The highest BCUT2D eigenvalue weighted by atomic mass is 35.7. The smallest absolute Gasteiger partial charge is 0.261 e. The molecule has 0 atom stereocenters. The molecule has 106 valence electrons. The van der Waals surface area contributed by atoms with Gasteiger partial charge in [0.2, 0.25) is 0 Å². The molecule has 0 aliphatic heterocycles. The molecule has 0 aliphatic rings. The quantitative estimate of drug-likeness (QED) is 0.639. The van der Waals surface area contributed by atoms with Gasteiger partial charge in [0.1, 0.15) is 5.82 Å². The van der Waals surface area contributed by atoms with Gasteiger partial charge in [0.15, 0.2) is 0 Å². The van der Waals surface area contributed by atoms with E-state index >= 15 is 0 Å². The molecule has 0 spiro atoms. The highest BCUT2D eigenvalue weighted by Gasteiger charge is 2.15. The van der Waals surface area contributed by atoms with E-state index in [4.69, 9.17) is 15.4 Å². The van der Waals surface area contributed by atoms with Gasteiger partial charge in [0.25, 0.3) is 15.0 Å². The zero-order valence-corrected chi connectivity index (χ0v) is 11.7. The molecule has 1 rings (SSSR count). The first-order chi connectivity index (χ1) is 8.84. The molecule has 0 unspecified atom stereocenters. The van der Waals surface area contributed by atoms with Crippen molar-refractivity contribution < 1.29 is 22.3 Å². The normalized spacial score (nSPS) is 11.3. The lowest BCUT2D eigenvalue weighted by Gasteiger charge is -2.06. The largest absolute Gasteiger partial charge is 0.380 e. The summed E-state index contributed by atoms with van der Waals surface area (Å²) in [6.07, 6.45) is 0. The third-order valence-corrected chi connectivity index (χ3v) is 3.48. The molecule has 0 radical (unpaired) electrons. The van der Waals surface area contributed by atoms with Crippen molar-refractivity contribution in [2.75, 3.05) is 19.8 Å². The maximum absolute atomic E-state index is 13.2. The molecule has 0 aliphatic carbocycles. The number of carbonyl (C=O) groups is 1. The van der Waals surface area contributed by atoms with Gasteiger partial charge in [-0.2, -0.15) is 0 Å². The van der Waals surface area contributed by atoms with Crippen molar-refractivity contribution in [2.45, 2.75) is 11.8 Å². The highest BCUT2D eigenvalue weighted by molar-refractivity contribution is 8.13. The Morgan fingerprint density at radius 1 is 1.42 bits per heavy atom. The van der Waals surface area contributed by atoms with Crippen LogP contribution in [-0.2, 0) is 13.8 Å². The van der Waals surface area contributed by atoms with Gasteiger partial charge in [-0.1, -0.05) is 0 Å². The van der Waals surface area contributed by atoms with Gasteiger partial charge in [-0.15, -0.1) is 0 Å². The number of rotatable bonds is 6. The molecule has 0 saturated carbocycles. The van der Waals surface area contributed by atoms with Crippen molar-refractivity contribution >= 4 is 25.6 Å². The standard InChI is InChI=1S/C11H13ClFNO4S/c1-2-18-4-3-14-11(15)8-5-9(13)7-10(6-8)19(12,16)17/h5-7H,2-4H2,1H3,(H,14,15). The monoisotopic (exact) mass is 309 g/mol. The molecule has 0 fully saturated rings. The Morgan fingerprint density at radius 2 is 2.11 bits per heavy atom. The summed E-state index contributed by atoms with van der Waals surface area (Å²) in [4.78, 5) is 11.2. The van der Waals surface area contributed by atoms with Crippen molar-refractivity contribution in [1.82, 2.24) is 5.32 Å². The number of amides is 1. The molecule has 0 saturated heterocycles. The first kappa shape index (κ1) is 15.9. The summed E-state index contributed by atoms with van der Waals surface area (Å²) >= 11 is 0. The highest BCUT2D eigenvalue weighted by Crippen LogP contribution is 2.18. The SMILES string of the molecule is CCOCCNC(=O)c1cc(F)cc(S(=O)(=O)Cl)c1. The van der Waals surface area contributed by atoms with Gasteiger partial charge in [-0.25, -0.2) is 12.8 Å². The average molecular weight is 310 g/mol. The minimum absolute atomic E-state index is 0.115. The fourth-order valence-corrected chi connectivity index (χ4v) is 2.11. The van der Waals surface area contributed by atoms with E-state index < -0.39 is 25.7 Å². The van der Waals surface area contributed by atoms with Crippen molar-refractivity contribution in [3.63, 3.8) is 0 Å². The van der Waals surface area contributed by atoms with Crippen molar-refractivity contribution in [2.24, 2.45) is 0 Å². The van der Waals surface area contributed by atoms with Crippen LogP contribution in [0.15, 0.2) is 23.1 Å². The molecule has 0 bridgehead atoms. The van der Waals surface area contributed by atoms with E-state index in [1.54, 1.807) is 0 Å².